The Kier molecular flexibility index (Phi) is 31.6. The van der Waals surface area contributed by atoms with Crippen LogP contribution in [0.25, 0.3) is 10.9 Å². The average Bonchev–Trinajstić information content (AvgIpc) is 1.64. The third kappa shape index (κ3) is 24.3. The van der Waals surface area contributed by atoms with E-state index in [0.29, 0.717) is 66.7 Å². The number of aromatic nitrogens is 5. The number of H-pyrrole nitrogens is 3. The summed E-state index contributed by atoms with van der Waals surface area (Å²) in [5.41, 5.74) is 26.7. The number of aliphatic imine (C=N–C) groups is 2. The monoisotopic (exact) mass is 1520 g/mol. The summed E-state index contributed by atoms with van der Waals surface area (Å²) in [6.45, 7) is 2.07. The second-order valence-corrected chi connectivity index (χ2v) is 30.7. The molecule has 580 valence electrons. The van der Waals surface area contributed by atoms with Crippen molar-refractivity contribution in [3.05, 3.63) is 120 Å². The van der Waals surface area contributed by atoms with Crippen LogP contribution < -0.4 is 60.2 Å². The molecule has 0 spiro atoms. The zero-order valence-corrected chi connectivity index (χ0v) is 62.4. The molecule has 4 aliphatic rings. The minimum atomic E-state index is -1.49. The van der Waals surface area contributed by atoms with E-state index >= 15 is 38.4 Å². The van der Waals surface area contributed by atoms with E-state index in [1.54, 1.807) is 49.7 Å². The van der Waals surface area contributed by atoms with Crippen molar-refractivity contribution in [2.75, 3.05) is 37.7 Å². The standard InChI is InChI=1S/C75H101N19O12S2/c1-44-28-64(96)49-34-65(97)46(30-48-37-84-54-18-6-5-17-53(48)54)32-66(98)58(35-50-16-11-25-82-50)90-71(103)59(29-45-14-3-2-4-15-45)91-72(104)60(36-52-39-81-43-86-52)92-73(105)62-22-13-27-94(62)74(106)61(41-108-107-40-49)93-70(102)57(21-12-26-83-75(78)79)89-69(101)56(20-8-10-24-77)88-68(100)55(19-7-9-23-76)87-67(99)47(33-63(44)95)31-51-38-80-42-85-51/h2-6,14-18,25,37-39,42-44,46-47,49,55-62,84H,7-13,19-24,26-36,40-41,76-77H2,1H3,(H,80,85)(H,81,86)(H,87,99)(H,88,100)(H,89,101)(H,90,103)(H,91,104)(H,92,105)(H,93,102)(H4,78,79,83)/t44-,46-,47-,49+,55-,56-,57+,58+,59-,60+,61+,62+/m1/s1. The summed E-state index contributed by atoms with van der Waals surface area (Å²) in [6.07, 6.45) is 11.4. The number of nitrogens with one attached hydrogen (secondary N) is 10. The number of carbonyl (C=O) groups excluding carboxylic acids is 12. The molecular formula is C75H101N19O12S2. The number of benzene rings is 2. The lowest BCUT2D eigenvalue weighted by Crippen LogP contribution is -2.60. The molecule has 18 N–H and O–H groups in total. The Labute approximate surface area is 634 Å². The van der Waals surface area contributed by atoms with Crippen LogP contribution in [0.3, 0.4) is 0 Å². The maximum absolute atomic E-state index is 15.7. The van der Waals surface area contributed by atoms with Crippen LogP contribution in [-0.2, 0) is 83.2 Å². The topological polar surface area (TPSA) is 494 Å². The molecule has 4 aliphatic heterocycles. The maximum atomic E-state index is 15.7. The Balaban J connectivity index is 1.16. The summed E-state index contributed by atoms with van der Waals surface area (Å²) in [7, 11) is 2.17. The van der Waals surface area contributed by atoms with Crippen molar-refractivity contribution in [1.82, 2.24) is 67.0 Å². The molecule has 108 heavy (non-hydrogen) atoms. The highest BCUT2D eigenvalue weighted by Gasteiger charge is 2.42. The zero-order chi connectivity index (χ0) is 77.1. The molecule has 9 rings (SSSR count). The number of imidazole rings is 2. The number of rotatable bonds is 22. The van der Waals surface area contributed by atoms with Gasteiger partial charge >= 0.3 is 0 Å². The van der Waals surface area contributed by atoms with E-state index in [-0.39, 0.29) is 108 Å². The lowest BCUT2D eigenvalue weighted by molar-refractivity contribution is -0.142. The summed E-state index contributed by atoms with van der Waals surface area (Å²) in [6, 6.07) is 5.35. The summed E-state index contributed by atoms with van der Waals surface area (Å²) >= 11 is 0. The number of amides is 8. The smallest absolute Gasteiger partial charge is 0.246 e. The van der Waals surface area contributed by atoms with Gasteiger partial charge in [-0.1, -0.05) is 83.1 Å². The van der Waals surface area contributed by atoms with Gasteiger partial charge in [0.1, 0.15) is 59.6 Å². The predicted octanol–water partition coefficient (Wildman–Crippen LogP) is 2.06. The molecule has 3 aromatic heterocycles. The van der Waals surface area contributed by atoms with Gasteiger partial charge in [0, 0.05) is 153 Å². The number of allylic oxidation sites excluding steroid dienone is 1. The third-order valence-electron chi connectivity index (χ3n) is 20.0. The van der Waals surface area contributed by atoms with Crippen LogP contribution in [0.5, 0.6) is 0 Å². The largest absolute Gasteiger partial charge is 0.370 e. The fraction of sp³-hybridized carbons (Fsp3) is 0.520. The number of guanidine groups is 1. The molecule has 0 aliphatic carbocycles. The number of unbranched alkanes of at least 4 members (excludes halogenated alkanes) is 2. The molecule has 7 heterocycles. The lowest BCUT2D eigenvalue weighted by Gasteiger charge is -2.31. The van der Waals surface area contributed by atoms with Crippen LogP contribution in [0.1, 0.15) is 132 Å². The first-order valence-corrected chi connectivity index (χ1v) is 39.6. The van der Waals surface area contributed by atoms with Crippen molar-refractivity contribution in [3.8, 4) is 0 Å². The summed E-state index contributed by atoms with van der Waals surface area (Å²) in [5.74, 6) is -13.3. The summed E-state index contributed by atoms with van der Waals surface area (Å²) in [4.78, 5) is 210. The second kappa shape index (κ2) is 41.5. The predicted molar refractivity (Wildman–Crippen MR) is 410 cm³/mol. The highest BCUT2D eigenvalue weighted by molar-refractivity contribution is 8.76. The molecule has 31 nitrogen and oxygen atoms in total. The maximum Gasteiger partial charge on any atom is 0.246 e. The molecule has 8 amide bonds. The van der Waals surface area contributed by atoms with Gasteiger partial charge in [-0.3, -0.25) is 67.5 Å². The van der Waals surface area contributed by atoms with E-state index in [4.69, 9.17) is 22.9 Å². The van der Waals surface area contributed by atoms with Crippen LogP contribution >= 0.6 is 21.6 Å². The van der Waals surface area contributed by atoms with Gasteiger partial charge in [-0.25, -0.2) is 9.97 Å². The van der Waals surface area contributed by atoms with Gasteiger partial charge in [-0.2, -0.15) is 0 Å². The Morgan fingerprint density at radius 3 is 1.78 bits per heavy atom. The number of hydrogen-bond donors (Lipinski definition) is 14. The fourth-order valence-corrected chi connectivity index (χ4v) is 16.4. The van der Waals surface area contributed by atoms with Gasteiger partial charge < -0.3 is 80.0 Å². The first-order valence-electron chi connectivity index (χ1n) is 37.1. The van der Waals surface area contributed by atoms with Crippen LogP contribution in [0.15, 0.2) is 108 Å². The SMILES string of the molecule is C[C@@H]1CC(=O)[C@@H]2CSSC[C@H](NC(=O)[C@H](CCCN=C(N)N)NC(=O)[C@@H](CCCCN)NC(=O)[C@@H](CCCCN)NC(=O)[C@H](Cc3cnc[nH]3)CC1=O)C(=O)N1CCC[C@H]1C(=O)N[C@@H](Cc1cnc[nH]1)C(=O)N[C@H](Cc1ccccc1)C(=O)N[C@@H](CC1=CCC=N1)C(=O)C[C@@H](Cc1c[nH]c3ccccc13)C(=O)C2. The van der Waals surface area contributed by atoms with Gasteiger partial charge in [-0.05, 0) is 101 Å². The van der Waals surface area contributed by atoms with Crippen LogP contribution in [0, 0.1) is 23.7 Å². The van der Waals surface area contributed by atoms with Gasteiger partial charge in [0.15, 0.2) is 11.7 Å². The van der Waals surface area contributed by atoms with Crippen LogP contribution in [-0.4, -0.2) is 198 Å². The zero-order valence-electron chi connectivity index (χ0n) is 60.8. The number of ketones is 4. The number of fused-ring (bicyclic) bond motifs is 7. The van der Waals surface area contributed by atoms with E-state index in [2.05, 4.69) is 72.1 Å². The molecule has 0 radical (unpaired) electrons. The first kappa shape index (κ1) is 82.2. The van der Waals surface area contributed by atoms with Crippen molar-refractivity contribution in [2.24, 2.45) is 56.6 Å². The number of carbonyl (C=O) groups is 12. The molecule has 2 aromatic carbocycles. The Bertz CT molecular complexity index is 4020. The minimum absolute atomic E-state index is 0.00517. The number of aromatic amines is 3. The van der Waals surface area contributed by atoms with Gasteiger partial charge in [-0.15, -0.1) is 0 Å². The fourth-order valence-electron chi connectivity index (χ4n) is 13.9. The molecule has 33 heteroatoms. The minimum Gasteiger partial charge on any atom is -0.370 e. The van der Waals surface area contributed by atoms with E-state index in [9.17, 15) is 19.2 Å². The second-order valence-electron chi connectivity index (χ2n) is 28.1. The number of para-hydroxylation sites is 1. The molecule has 2 bridgehead atoms. The van der Waals surface area contributed by atoms with Crippen molar-refractivity contribution >= 4 is 115 Å². The molecule has 3 saturated heterocycles. The molecular weight excluding hydrogens is 1420 g/mol. The van der Waals surface area contributed by atoms with Gasteiger partial charge in [0.2, 0.25) is 47.3 Å². The van der Waals surface area contributed by atoms with E-state index in [1.165, 1.54) is 29.9 Å². The lowest BCUT2D eigenvalue weighted by atomic mass is 9.82. The van der Waals surface area contributed by atoms with E-state index < -0.39 is 168 Å². The normalized spacial score (nSPS) is 25.6. The summed E-state index contributed by atoms with van der Waals surface area (Å²) < 4.78 is 0. The number of nitrogens with two attached hydrogens (primary N) is 4. The Morgan fingerprint density at radius 2 is 1.13 bits per heavy atom. The van der Waals surface area contributed by atoms with Gasteiger partial charge in [0.05, 0.1) is 24.6 Å². The van der Waals surface area contributed by atoms with E-state index in [1.807, 2.05) is 30.3 Å². The molecule has 0 saturated carbocycles. The molecule has 3 fully saturated rings. The van der Waals surface area contributed by atoms with Crippen molar-refractivity contribution < 1.29 is 57.5 Å². The van der Waals surface area contributed by atoms with Crippen LogP contribution in [0.2, 0.25) is 0 Å². The van der Waals surface area contributed by atoms with E-state index in [0.717, 1.165) is 32.5 Å². The van der Waals surface area contributed by atoms with Crippen LogP contribution in [0.4, 0.5) is 0 Å². The third-order valence-corrected chi connectivity index (χ3v) is 22.5. The number of Topliss-reactive ketones (excluding diaryl/α,β-unsaturated/α-hetero) is 4. The van der Waals surface area contributed by atoms with Crippen molar-refractivity contribution in [3.63, 3.8) is 0 Å². The Hall–Kier alpha value is -9.86. The number of hydrogen-bond acceptors (Lipinski definition) is 20. The first-order chi connectivity index (χ1) is 52.1. The molecule has 5 aromatic rings. The summed E-state index contributed by atoms with van der Waals surface area (Å²) in [5, 5.41) is 20.8. The molecule has 12 atom stereocenters. The quantitative estimate of drug-likeness (QED) is 0.0204. The molecule has 0 unspecified atom stereocenters. The highest BCUT2D eigenvalue weighted by Crippen LogP contribution is 2.33. The average molecular weight is 1520 g/mol. The van der Waals surface area contributed by atoms with Crippen molar-refractivity contribution in [1.29, 1.82) is 0 Å². The Morgan fingerprint density at radius 1 is 0.546 bits per heavy atom. The highest BCUT2D eigenvalue weighted by atomic mass is 33.1. The van der Waals surface area contributed by atoms with Crippen molar-refractivity contribution in [2.45, 2.75) is 184 Å². The van der Waals surface area contributed by atoms with Gasteiger partial charge in [0.25, 0.3) is 0 Å². The number of nitrogens with zero attached hydrogens (tertiary/aromatic N) is 5.